The summed E-state index contributed by atoms with van der Waals surface area (Å²) < 4.78 is 10.9. The number of benzene rings is 3. The molecule has 0 aliphatic heterocycles. The summed E-state index contributed by atoms with van der Waals surface area (Å²) in [5.41, 5.74) is 3.27. The van der Waals surface area contributed by atoms with Gasteiger partial charge in [0.2, 0.25) is 5.89 Å². The van der Waals surface area contributed by atoms with Crippen molar-refractivity contribution in [1.82, 2.24) is 4.98 Å². The Bertz CT molecular complexity index is 1120. The normalized spacial score (nSPS) is 10.7. The molecule has 0 saturated carbocycles. The summed E-state index contributed by atoms with van der Waals surface area (Å²) in [6.45, 7) is 0. The van der Waals surface area contributed by atoms with Crippen molar-refractivity contribution in [3.8, 4) is 17.2 Å². The highest BCUT2D eigenvalue weighted by atomic mass is 35.5. The summed E-state index contributed by atoms with van der Waals surface area (Å²) in [6, 6.07) is 19.6. The number of ether oxygens (including phenoxy) is 1. The van der Waals surface area contributed by atoms with Crippen LogP contribution in [0, 0.1) is 0 Å². The van der Waals surface area contributed by atoms with Gasteiger partial charge in [-0.3, -0.25) is 4.79 Å². The monoisotopic (exact) mass is 378 g/mol. The zero-order valence-corrected chi connectivity index (χ0v) is 15.2. The fraction of sp³-hybridized carbons (Fsp3) is 0.0476. The lowest BCUT2D eigenvalue weighted by Gasteiger charge is -2.06. The topological polar surface area (TPSA) is 64.4 Å². The highest BCUT2D eigenvalue weighted by Crippen LogP contribution is 2.27. The molecule has 6 heteroatoms. The maximum absolute atomic E-state index is 12.5. The number of amides is 1. The average molecular weight is 379 g/mol. The van der Waals surface area contributed by atoms with Gasteiger partial charge in [-0.15, -0.1) is 0 Å². The first-order valence-electron chi connectivity index (χ1n) is 8.24. The number of halogens is 1. The molecule has 1 heterocycles. The van der Waals surface area contributed by atoms with Crippen LogP contribution in [-0.2, 0) is 0 Å². The maximum Gasteiger partial charge on any atom is 0.255 e. The third-order valence-electron chi connectivity index (χ3n) is 4.07. The Balaban J connectivity index is 1.59. The molecule has 0 bridgehead atoms. The molecule has 0 saturated heterocycles. The summed E-state index contributed by atoms with van der Waals surface area (Å²) in [5, 5.41) is 3.51. The Kier molecular flexibility index (Phi) is 4.52. The Morgan fingerprint density at radius 3 is 2.67 bits per heavy atom. The van der Waals surface area contributed by atoms with Crippen molar-refractivity contribution in [3.05, 3.63) is 77.3 Å². The molecule has 27 heavy (non-hydrogen) atoms. The van der Waals surface area contributed by atoms with Crippen LogP contribution in [0.25, 0.3) is 22.6 Å². The molecule has 4 aromatic rings. The smallest absolute Gasteiger partial charge is 0.255 e. The minimum Gasteiger partial charge on any atom is -0.497 e. The number of nitrogens with zero attached hydrogens (tertiary/aromatic N) is 1. The number of nitrogens with one attached hydrogen (secondary N) is 1. The first-order chi connectivity index (χ1) is 13.1. The van der Waals surface area contributed by atoms with Crippen LogP contribution in [0.3, 0.4) is 0 Å². The molecule has 0 atom stereocenters. The number of carbonyl (C=O) groups is 1. The number of oxazole rings is 1. The van der Waals surface area contributed by atoms with Crippen LogP contribution in [0.15, 0.2) is 71.1 Å². The van der Waals surface area contributed by atoms with Crippen molar-refractivity contribution < 1.29 is 13.9 Å². The van der Waals surface area contributed by atoms with Gasteiger partial charge in [-0.1, -0.05) is 17.7 Å². The van der Waals surface area contributed by atoms with Gasteiger partial charge in [-0.25, -0.2) is 4.98 Å². The van der Waals surface area contributed by atoms with Crippen LogP contribution >= 0.6 is 11.6 Å². The molecule has 4 rings (SSSR count). The summed E-state index contributed by atoms with van der Waals surface area (Å²) >= 11 is 5.92. The number of methoxy groups -OCH3 is 1. The molecular formula is C21H15ClN2O3. The maximum atomic E-state index is 12.5. The molecule has 3 aromatic carbocycles. The second kappa shape index (κ2) is 7.13. The zero-order chi connectivity index (χ0) is 18.8. The third-order valence-corrected chi connectivity index (χ3v) is 4.32. The highest BCUT2D eigenvalue weighted by Gasteiger charge is 2.11. The lowest BCUT2D eigenvalue weighted by molar-refractivity contribution is 0.102. The molecule has 0 unspecified atom stereocenters. The van der Waals surface area contributed by atoms with Crippen molar-refractivity contribution in [1.29, 1.82) is 0 Å². The van der Waals surface area contributed by atoms with E-state index in [1.54, 1.807) is 61.7 Å². The van der Waals surface area contributed by atoms with Crippen LogP contribution in [0.2, 0.25) is 5.02 Å². The highest BCUT2D eigenvalue weighted by molar-refractivity contribution is 6.30. The Morgan fingerprint density at radius 1 is 1.07 bits per heavy atom. The second-order valence-corrected chi connectivity index (χ2v) is 6.33. The van der Waals surface area contributed by atoms with E-state index in [1.165, 1.54) is 0 Å². The largest absolute Gasteiger partial charge is 0.497 e. The minimum absolute atomic E-state index is 0.227. The van der Waals surface area contributed by atoms with Crippen molar-refractivity contribution in [2.75, 3.05) is 12.4 Å². The predicted molar refractivity (Wildman–Crippen MR) is 105 cm³/mol. The molecule has 0 spiro atoms. The first kappa shape index (κ1) is 17.1. The molecule has 5 nitrogen and oxygen atoms in total. The SMILES string of the molecule is COc1cccc(C(=O)Nc2ccc3oc(-c4ccc(Cl)cc4)nc3c2)c1. The van der Waals surface area contributed by atoms with E-state index in [1.807, 2.05) is 12.1 Å². The summed E-state index contributed by atoms with van der Waals surface area (Å²) in [6.07, 6.45) is 0. The van der Waals surface area contributed by atoms with Crippen LogP contribution in [0.4, 0.5) is 5.69 Å². The van der Waals surface area contributed by atoms with Gasteiger partial charge in [0.1, 0.15) is 11.3 Å². The van der Waals surface area contributed by atoms with Gasteiger partial charge in [-0.2, -0.15) is 0 Å². The molecule has 1 amide bonds. The van der Waals surface area contributed by atoms with E-state index in [9.17, 15) is 4.79 Å². The van der Waals surface area contributed by atoms with Crippen molar-refractivity contribution in [2.45, 2.75) is 0 Å². The first-order valence-corrected chi connectivity index (χ1v) is 8.62. The van der Waals surface area contributed by atoms with Gasteiger partial charge in [0.05, 0.1) is 7.11 Å². The molecule has 1 N–H and O–H groups in total. The van der Waals surface area contributed by atoms with Gasteiger partial charge < -0.3 is 14.5 Å². The van der Waals surface area contributed by atoms with Crippen molar-refractivity contribution in [3.63, 3.8) is 0 Å². The molecule has 134 valence electrons. The summed E-state index contributed by atoms with van der Waals surface area (Å²) in [5.74, 6) is 0.898. The summed E-state index contributed by atoms with van der Waals surface area (Å²) in [4.78, 5) is 17.0. The third kappa shape index (κ3) is 3.64. The number of hydrogen-bond donors (Lipinski definition) is 1. The molecular weight excluding hydrogens is 364 g/mol. The molecule has 0 fully saturated rings. The van der Waals surface area contributed by atoms with E-state index >= 15 is 0 Å². The quantitative estimate of drug-likeness (QED) is 0.515. The Hall–Kier alpha value is -3.31. The lowest BCUT2D eigenvalue weighted by atomic mass is 10.2. The van der Waals surface area contributed by atoms with Gasteiger partial charge in [0.15, 0.2) is 5.58 Å². The Labute approximate surface area is 160 Å². The van der Waals surface area contributed by atoms with E-state index < -0.39 is 0 Å². The number of carbonyl (C=O) groups excluding carboxylic acids is 1. The second-order valence-electron chi connectivity index (χ2n) is 5.89. The van der Waals surface area contributed by atoms with E-state index in [0.717, 1.165) is 5.56 Å². The Morgan fingerprint density at radius 2 is 1.89 bits per heavy atom. The minimum atomic E-state index is -0.227. The molecule has 1 aromatic heterocycles. The van der Waals surface area contributed by atoms with Crippen LogP contribution in [0.5, 0.6) is 5.75 Å². The van der Waals surface area contributed by atoms with Crippen molar-refractivity contribution in [2.24, 2.45) is 0 Å². The van der Waals surface area contributed by atoms with Crippen LogP contribution in [0.1, 0.15) is 10.4 Å². The predicted octanol–water partition coefficient (Wildman–Crippen LogP) is 5.41. The lowest BCUT2D eigenvalue weighted by Crippen LogP contribution is -2.11. The van der Waals surface area contributed by atoms with E-state index in [4.69, 9.17) is 20.8 Å². The standard InChI is InChI=1S/C21H15ClN2O3/c1-26-17-4-2-3-14(11-17)20(25)23-16-9-10-19-18(12-16)24-21(27-19)13-5-7-15(22)8-6-13/h2-12H,1H3,(H,23,25). The molecule has 0 radical (unpaired) electrons. The fourth-order valence-electron chi connectivity index (χ4n) is 2.69. The molecule has 0 aliphatic rings. The summed E-state index contributed by atoms with van der Waals surface area (Å²) in [7, 11) is 1.56. The van der Waals surface area contributed by atoms with Gasteiger partial charge in [0, 0.05) is 21.8 Å². The van der Waals surface area contributed by atoms with E-state index in [0.29, 0.717) is 39.0 Å². The van der Waals surface area contributed by atoms with E-state index in [-0.39, 0.29) is 5.91 Å². The van der Waals surface area contributed by atoms with Gasteiger partial charge in [-0.05, 0) is 60.7 Å². The van der Waals surface area contributed by atoms with Gasteiger partial charge in [0.25, 0.3) is 5.91 Å². The van der Waals surface area contributed by atoms with Crippen LogP contribution < -0.4 is 10.1 Å². The zero-order valence-electron chi connectivity index (χ0n) is 14.4. The fourth-order valence-corrected chi connectivity index (χ4v) is 2.81. The van der Waals surface area contributed by atoms with E-state index in [2.05, 4.69) is 10.3 Å². The number of fused-ring (bicyclic) bond motifs is 1. The molecule has 0 aliphatic carbocycles. The van der Waals surface area contributed by atoms with Crippen LogP contribution in [-0.4, -0.2) is 18.0 Å². The van der Waals surface area contributed by atoms with Gasteiger partial charge >= 0.3 is 0 Å². The average Bonchev–Trinajstić information content (AvgIpc) is 3.12. The van der Waals surface area contributed by atoms with Crippen molar-refractivity contribution >= 4 is 34.3 Å². The number of anilines is 1. The number of hydrogen-bond acceptors (Lipinski definition) is 4. The number of rotatable bonds is 4. The number of aromatic nitrogens is 1.